The molecule has 25 heavy (non-hydrogen) atoms. The summed E-state index contributed by atoms with van der Waals surface area (Å²) in [6.07, 6.45) is 0. The molecule has 8 nitrogen and oxygen atoms in total. The summed E-state index contributed by atoms with van der Waals surface area (Å²) in [5.41, 5.74) is 0.515. The Hall–Kier alpha value is -3.42. The van der Waals surface area contributed by atoms with Gasteiger partial charge in [-0.05, 0) is 18.2 Å². The van der Waals surface area contributed by atoms with Gasteiger partial charge in [0.25, 0.3) is 11.6 Å². The monoisotopic (exact) mass is 343 g/mol. The molecule has 0 fully saturated rings. The molecule has 1 N–H and O–H groups in total. The number of hydrogen-bond donors (Lipinski definition) is 1. The number of nitro groups is 1. The minimum atomic E-state index is -0.547. The third-order valence-corrected chi connectivity index (χ3v) is 3.25. The summed E-state index contributed by atoms with van der Waals surface area (Å²) in [4.78, 5) is 35.3. The Morgan fingerprint density at radius 2 is 1.88 bits per heavy atom. The number of hydrogen-bond acceptors (Lipinski definition) is 5. The van der Waals surface area contributed by atoms with E-state index >= 15 is 0 Å². The van der Waals surface area contributed by atoms with Crippen molar-refractivity contribution in [1.82, 2.24) is 4.90 Å². The van der Waals surface area contributed by atoms with E-state index in [0.29, 0.717) is 5.69 Å². The van der Waals surface area contributed by atoms with Crippen molar-refractivity contribution < 1.29 is 19.2 Å². The normalized spacial score (nSPS) is 9.96. The molecule has 2 amide bonds. The highest BCUT2D eigenvalue weighted by Gasteiger charge is 2.14. The Bertz CT molecular complexity index is 764. The summed E-state index contributed by atoms with van der Waals surface area (Å²) in [6, 6.07) is 14.4. The molecule has 8 heteroatoms. The highest BCUT2D eigenvalue weighted by molar-refractivity contribution is 5.94. The van der Waals surface area contributed by atoms with Gasteiger partial charge in [-0.15, -0.1) is 0 Å². The minimum absolute atomic E-state index is 0.124. The molecule has 0 saturated heterocycles. The van der Waals surface area contributed by atoms with E-state index in [1.54, 1.807) is 24.3 Å². The minimum Gasteiger partial charge on any atom is -0.484 e. The molecule has 2 aromatic rings. The number of anilines is 1. The third-order valence-electron chi connectivity index (χ3n) is 3.25. The first-order chi connectivity index (χ1) is 12.0. The van der Waals surface area contributed by atoms with Crippen molar-refractivity contribution in [2.75, 3.05) is 25.5 Å². The molecule has 0 heterocycles. The molecule has 2 rings (SSSR count). The van der Waals surface area contributed by atoms with E-state index in [9.17, 15) is 19.7 Å². The average molecular weight is 343 g/mol. The highest BCUT2D eigenvalue weighted by atomic mass is 16.6. The number of carbonyl (C=O) groups is 2. The van der Waals surface area contributed by atoms with Crippen molar-refractivity contribution in [1.29, 1.82) is 0 Å². The number of amides is 2. The molecule has 0 aliphatic heterocycles. The van der Waals surface area contributed by atoms with Gasteiger partial charge in [0.15, 0.2) is 6.61 Å². The fraction of sp³-hybridized carbons (Fsp3) is 0.176. The number of ether oxygens (including phenoxy) is 1. The van der Waals surface area contributed by atoms with Gasteiger partial charge >= 0.3 is 0 Å². The Labute approximate surface area is 144 Å². The zero-order valence-corrected chi connectivity index (χ0v) is 13.5. The van der Waals surface area contributed by atoms with Crippen molar-refractivity contribution in [3.63, 3.8) is 0 Å². The van der Waals surface area contributed by atoms with Crippen molar-refractivity contribution in [3.8, 4) is 5.75 Å². The quantitative estimate of drug-likeness (QED) is 0.612. The lowest BCUT2D eigenvalue weighted by atomic mass is 10.3. The number of likely N-dealkylation sites (N-methyl/N-ethyl adjacent to an activating group) is 1. The van der Waals surface area contributed by atoms with Crippen LogP contribution in [0.3, 0.4) is 0 Å². The molecule has 0 saturated carbocycles. The lowest BCUT2D eigenvalue weighted by Crippen LogP contribution is -2.37. The maximum atomic E-state index is 12.0. The van der Waals surface area contributed by atoms with Crippen molar-refractivity contribution in [3.05, 3.63) is 64.7 Å². The van der Waals surface area contributed by atoms with Crippen LogP contribution < -0.4 is 10.1 Å². The summed E-state index contributed by atoms with van der Waals surface area (Å²) in [6.45, 7) is -0.456. The van der Waals surface area contributed by atoms with Crippen molar-refractivity contribution in [2.24, 2.45) is 0 Å². The summed E-state index contributed by atoms with van der Waals surface area (Å²) in [7, 11) is 1.48. The van der Waals surface area contributed by atoms with Gasteiger partial charge < -0.3 is 15.0 Å². The number of para-hydroxylation sites is 1. The van der Waals surface area contributed by atoms with Crippen LogP contribution in [-0.2, 0) is 9.59 Å². The summed E-state index contributed by atoms with van der Waals surface area (Å²) in [5, 5.41) is 13.4. The van der Waals surface area contributed by atoms with Gasteiger partial charge in [0, 0.05) is 18.8 Å². The van der Waals surface area contributed by atoms with Gasteiger partial charge in [-0.3, -0.25) is 19.7 Å². The van der Waals surface area contributed by atoms with E-state index in [-0.39, 0.29) is 30.5 Å². The SMILES string of the molecule is CN(CC(=O)Nc1ccccc1)C(=O)COc1cccc([N+](=O)[O-])c1. The molecular formula is C17H17N3O5. The number of nitrogens with one attached hydrogen (secondary N) is 1. The van der Waals surface area contributed by atoms with E-state index in [0.717, 1.165) is 0 Å². The van der Waals surface area contributed by atoms with E-state index in [1.165, 1.54) is 36.2 Å². The molecule has 0 radical (unpaired) electrons. The van der Waals surface area contributed by atoms with Crippen molar-refractivity contribution >= 4 is 23.2 Å². The molecule has 0 aliphatic rings. The molecule has 0 aliphatic carbocycles. The number of nitro benzene ring substituents is 1. The molecule has 0 unspecified atom stereocenters. The van der Waals surface area contributed by atoms with E-state index in [4.69, 9.17) is 4.74 Å². The van der Waals surface area contributed by atoms with E-state index in [1.807, 2.05) is 6.07 Å². The number of rotatable bonds is 7. The Balaban J connectivity index is 1.83. The van der Waals surface area contributed by atoms with Crippen LogP contribution in [-0.4, -0.2) is 41.8 Å². The number of nitrogens with zero attached hydrogens (tertiary/aromatic N) is 2. The smallest absolute Gasteiger partial charge is 0.273 e. The largest absolute Gasteiger partial charge is 0.484 e. The predicted molar refractivity (Wildman–Crippen MR) is 91.3 cm³/mol. The van der Waals surface area contributed by atoms with Gasteiger partial charge in [-0.2, -0.15) is 0 Å². The Morgan fingerprint density at radius 3 is 2.56 bits per heavy atom. The maximum Gasteiger partial charge on any atom is 0.273 e. The Morgan fingerprint density at radius 1 is 1.16 bits per heavy atom. The summed E-state index contributed by atoms with van der Waals surface area (Å²) in [5.74, 6) is -0.545. The number of non-ortho nitro benzene ring substituents is 1. The van der Waals surface area contributed by atoms with Crippen LogP contribution in [0.4, 0.5) is 11.4 Å². The van der Waals surface area contributed by atoms with Crippen molar-refractivity contribution in [2.45, 2.75) is 0 Å². The van der Waals surface area contributed by atoms with Crippen LogP contribution in [0.2, 0.25) is 0 Å². The summed E-state index contributed by atoms with van der Waals surface area (Å²) >= 11 is 0. The van der Waals surface area contributed by atoms with E-state index < -0.39 is 10.8 Å². The third kappa shape index (κ3) is 5.61. The van der Waals surface area contributed by atoms with Gasteiger partial charge in [-0.1, -0.05) is 24.3 Å². The fourth-order valence-electron chi connectivity index (χ4n) is 1.97. The topological polar surface area (TPSA) is 102 Å². The number of benzene rings is 2. The second kappa shape index (κ2) is 8.44. The van der Waals surface area contributed by atoms with Crippen LogP contribution in [0.1, 0.15) is 0 Å². The second-order valence-electron chi connectivity index (χ2n) is 5.21. The van der Waals surface area contributed by atoms with Gasteiger partial charge in [0.1, 0.15) is 5.75 Å². The summed E-state index contributed by atoms with van der Waals surface area (Å²) < 4.78 is 5.25. The molecule has 2 aromatic carbocycles. The molecule has 130 valence electrons. The lowest BCUT2D eigenvalue weighted by molar-refractivity contribution is -0.384. The zero-order chi connectivity index (χ0) is 18.2. The van der Waals surface area contributed by atoms with Crippen LogP contribution in [0.5, 0.6) is 5.75 Å². The molecular weight excluding hydrogens is 326 g/mol. The van der Waals surface area contributed by atoms with Crippen LogP contribution in [0, 0.1) is 10.1 Å². The molecule has 0 bridgehead atoms. The Kier molecular flexibility index (Phi) is 6.05. The lowest BCUT2D eigenvalue weighted by Gasteiger charge is -2.17. The first-order valence-corrected chi connectivity index (χ1v) is 7.42. The fourth-order valence-corrected chi connectivity index (χ4v) is 1.97. The first-order valence-electron chi connectivity index (χ1n) is 7.42. The second-order valence-corrected chi connectivity index (χ2v) is 5.21. The van der Waals surface area contributed by atoms with E-state index in [2.05, 4.69) is 5.32 Å². The molecule has 0 aromatic heterocycles. The number of carbonyl (C=O) groups excluding carboxylic acids is 2. The maximum absolute atomic E-state index is 12.0. The van der Waals surface area contributed by atoms with Crippen LogP contribution >= 0.6 is 0 Å². The standard InChI is InChI=1S/C17H17N3O5/c1-19(11-16(21)18-13-6-3-2-4-7-13)17(22)12-25-15-9-5-8-14(10-15)20(23)24/h2-10H,11-12H2,1H3,(H,18,21). The zero-order valence-electron chi connectivity index (χ0n) is 13.5. The van der Waals surface area contributed by atoms with Crippen LogP contribution in [0.25, 0.3) is 0 Å². The average Bonchev–Trinajstić information content (AvgIpc) is 2.60. The highest BCUT2D eigenvalue weighted by Crippen LogP contribution is 2.19. The first kappa shape index (κ1) is 17.9. The van der Waals surface area contributed by atoms with Gasteiger partial charge in [-0.25, -0.2) is 0 Å². The molecule has 0 atom stereocenters. The van der Waals surface area contributed by atoms with Crippen LogP contribution in [0.15, 0.2) is 54.6 Å². The van der Waals surface area contributed by atoms with Gasteiger partial charge in [0.2, 0.25) is 5.91 Å². The predicted octanol–water partition coefficient (Wildman–Crippen LogP) is 2.07. The molecule has 0 spiro atoms. The van der Waals surface area contributed by atoms with Gasteiger partial charge in [0.05, 0.1) is 17.5 Å².